The quantitative estimate of drug-likeness (QED) is 0.814. The first-order valence-electron chi connectivity index (χ1n) is 7.16. The van der Waals surface area contributed by atoms with Crippen molar-refractivity contribution in [2.45, 2.75) is 55.7 Å². The molecule has 1 amide bonds. The van der Waals surface area contributed by atoms with Gasteiger partial charge in [0.2, 0.25) is 5.91 Å². The molecule has 19 heavy (non-hydrogen) atoms. The van der Waals surface area contributed by atoms with Gasteiger partial charge in [-0.15, -0.1) is 0 Å². The number of carbonyl (C=O) groups is 1. The third kappa shape index (κ3) is 4.61. The Hall–Kier alpha value is -0.340. The molecule has 2 fully saturated rings. The molecule has 1 heterocycles. The second kappa shape index (κ2) is 7.44. The number of hydrogen-bond acceptors (Lipinski definition) is 4. The molecule has 3 nitrogen and oxygen atoms in total. The van der Waals surface area contributed by atoms with Gasteiger partial charge in [-0.3, -0.25) is 4.79 Å². The average Bonchev–Trinajstić information content (AvgIpc) is 2.66. The van der Waals surface area contributed by atoms with E-state index in [1.54, 1.807) is 0 Å². The van der Waals surface area contributed by atoms with E-state index >= 15 is 0 Å². The molecule has 1 saturated carbocycles. The lowest BCUT2D eigenvalue weighted by molar-refractivity contribution is -0.122. The van der Waals surface area contributed by atoms with E-state index < -0.39 is 5.54 Å². The van der Waals surface area contributed by atoms with Crippen LogP contribution in [0.5, 0.6) is 0 Å². The molecule has 0 aromatic rings. The van der Waals surface area contributed by atoms with Gasteiger partial charge in [0.05, 0.1) is 6.07 Å². The predicted molar refractivity (Wildman–Crippen MR) is 82.4 cm³/mol. The summed E-state index contributed by atoms with van der Waals surface area (Å²) in [6, 6.07) is 2.38. The second-order valence-corrected chi connectivity index (χ2v) is 7.99. The van der Waals surface area contributed by atoms with Crippen LogP contribution in [0.1, 0.15) is 44.9 Å². The standard InChI is InChI=1S/C14H22N2OS2/c15-11-14(5-3-1-2-4-6-14)16-13(17)9-12-10-18-7-8-19-12/h12H,1-10H2,(H,16,17)/t12-/m1/s1. The highest BCUT2D eigenvalue weighted by atomic mass is 32.2. The van der Waals surface area contributed by atoms with Crippen LogP contribution >= 0.6 is 23.5 Å². The molecule has 0 unspecified atom stereocenters. The molecule has 2 rings (SSSR count). The molecule has 2 aliphatic rings. The summed E-state index contributed by atoms with van der Waals surface area (Å²) in [6.45, 7) is 0. The molecule has 5 heteroatoms. The van der Waals surface area contributed by atoms with E-state index in [0.717, 1.165) is 37.2 Å². The zero-order valence-corrected chi connectivity index (χ0v) is 13.0. The molecule has 0 aromatic carbocycles. The molecular formula is C14H22N2OS2. The van der Waals surface area contributed by atoms with Crippen molar-refractivity contribution in [2.24, 2.45) is 0 Å². The Bertz CT molecular complexity index is 340. The van der Waals surface area contributed by atoms with Gasteiger partial charge in [-0.2, -0.15) is 28.8 Å². The number of nitrogens with zero attached hydrogens (tertiary/aromatic N) is 1. The summed E-state index contributed by atoms with van der Waals surface area (Å²) in [4.78, 5) is 12.2. The second-order valence-electron chi connectivity index (χ2n) is 5.43. The molecule has 0 spiro atoms. The largest absolute Gasteiger partial charge is 0.338 e. The minimum absolute atomic E-state index is 0.0726. The Morgan fingerprint density at radius 1 is 1.26 bits per heavy atom. The zero-order valence-electron chi connectivity index (χ0n) is 11.3. The van der Waals surface area contributed by atoms with Crippen LogP contribution < -0.4 is 5.32 Å². The summed E-state index contributed by atoms with van der Waals surface area (Å²) in [5, 5.41) is 12.9. The van der Waals surface area contributed by atoms with Crippen molar-refractivity contribution in [2.75, 3.05) is 17.3 Å². The summed E-state index contributed by atoms with van der Waals surface area (Å²) in [5.41, 5.74) is -0.583. The summed E-state index contributed by atoms with van der Waals surface area (Å²) >= 11 is 3.83. The topological polar surface area (TPSA) is 52.9 Å². The van der Waals surface area contributed by atoms with Crippen LogP contribution in [0, 0.1) is 11.3 Å². The highest BCUT2D eigenvalue weighted by molar-refractivity contribution is 8.06. The Balaban J connectivity index is 1.86. The van der Waals surface area contributed by atoms with Crippen LogP contribution in [-0.2, 0) is 4.79 Å². The van der Waals surface area contributed by atoms with Crippen molar-refractivity contribution in [3.63, 3.8) is 0 Å². The lowest BCUT2D eigenvalue weighted by Crippen LogP contribution is -2.47. The molecule has 106 valence electrons. The van der Waals surface area contributed by atoms with Gasteiger partial charge in [0.25, 0.3) is 0 Å². The first kappa shape index (κ1) is 15.1. The van der Waals surface area contributed by atoms with Crippen LogP contribution in [0.4, 0.5) is 0 Å². The minimum Gasteiger partial charge on any atom is -0.338 e. The van der Waals surface area contributed by atoms with E-state index in [0.29, 0.717) is 11.7 Å². The molecule has 1 aliphatic carbocycles. The Kier molecular flexibility index (Phi) is 5.90. The smallest absolute Gasteiger partial charge is 0.222 e. The van der Waals surface area contributed by atoms with Crippen molar-refractivity contribution in [1.82, 2.24) is 5.32 Å². The van der Waals surface area contributed by atoms with Crippen LogP contribution in [0.15, 0.2) is 0 Å². The minimum atomic E-state index is -0.583. The van der Waals surface area contributed by atoms with E-state index in [4.69, 9.17) is 0 Å². The molecule has 1 atom stereocenters. The zero-order chi connectivity index (χ0) is 13.6. The number of rotatable bonds is 3. The lowest BCUT2D eigenvalue weighted by Gasteiger charge is -2.28. The highest BCUT2D eigenvalue weighted by Gasteiger charge is 2.33. The third-order valence-electron chi connectivity index (χ3n) is 3.85. The van der Waals surface area contributed by atoms with Crippen molar-refractivity contribution >= 4 is 29.4 Å². The van der Waals surface area contributed by atoms with Gasteiger partial charge in [0, 0.05) is 28.9 Å². The van der Waals surface area contributed by atoms with Gasteiger partial charge >= 0.3 is 0 Å². The van der Waals surface area contributed by atoms with Crippen LogP contribution in [0.25, 0.3) is 0 Å². The van der Waals surface area contributed by atoms with Gasteiger partial charge in [0.15, 0.2) is 0 Å². The number of thioether (sulfide) groups is 2. The first-order valence-corrected chi connectivity index (χ1v) is 9.36. The van der Waals surface area contributed by atoms with Gasteiger partial charge < -0.3 is 5.32 Å². The van der Waals surface area contributed by atoms with E-state index in [1.807, 2.05) is 23.5 Å². The van der Waals surface area contributed by atoms with E-state index in [-0.39, 0.29) is 5.91 Å². The van der Waals surface area contributed by atoms with E-state index in [2.05, 4.69) is 11.4 Å². The van der Waals surface area contributed by atoms with Crippen molar-refractivity contribution < 1.29 is 4.79 Å². The SMILES string of the molecule is N#CC1(NC(=O)C[C@@H]2CSCCS2)CCCCCC1. The highest BCUT2D eigenvalue weighted by Crippen LogP contribution is 2.29. The molecule has 1 N–H and O–H groups in total. The van der Waals surface area contributed by atoms with Crippen LogP contribution in [0.3, 0.4) is 0 Å². The number of hydrogen-bond donors (Lipinski definition) is 1. The monoisotopic (exact) mass is 298 g/mol. The molecule has 0 radical (unpaired) electrons. The van der Waals surface area contributed by atoms with Crippen molar-refractivity contribution in [1.29, 1.82) is 5.26 Å². The lowest BCUT2D eigenvalue weighted by atomic mass is 9.91. The number of nitrogens with one attached hydrogen (secondary N) is 1. The fourth-order valence-electron chi connectivity index (χ4n) is 2.78. The summed E-state index contributed by atoms with van der Waals surface area (Å²) in [7, 11) is 0. The molecule has 0 bridgehead atoms. The van der Waals surface area contributed by atoms with Gasteiger partial charge in [-0.25, -0.2) is 0 Å². The molecular weight excluding hydrogens is 276 g/mol. The van der Waals surface area contributed by atoms with E-state index in [1.165, 1.54) is 18.6 Å². The van der Waals surface area contributed by atoms with Crippen molar-refractivity contribution in [3.05, 3.63) is 0 Å². The molecule has 1 saturated heterocycles. The van der Waals surface area contributed by atoms with Crippen LogP contribution in [0.2, 0.25) is 0 Å². The fraction of sp³-hybridized carbons (Fsp3) is 0.857. The maximum atomic E-state index is 12.2. The predicted octanol–water partition coefficient (Wildman–Crippen LogP) is 2.96. The van der Waals surface area contributed by atoms with Gasteiger partial charge in [-0.1, -0.05) is 25.7 Å². The van der Waals surface area contributed by atoms with E-state index in [9.17, 15) is 10.1 Å². The summed E-state index contributed by atoms with van der Waals surface area (Å²) in [6.07, 6.45) is 6.71. The first-order chi connectivity index (χ1) is 9.24. The average molecular weight is 298 g/mol. The molecule has 1 aliphatic heterocycles. The Labute approximate surface area is 124 Å². The third-order valence-corrected chi connectivity index (χ3v) is 6.69. The Morgan fingerprint density at radius 2 is 2.00 bits per heavy atom. The summed E-state index contributed by atoms with van der Waals surface area (Å²) in [5.74, 6) is 3.48. The van der Waals surface area contributed by atoms with Gasteiger partial charge in [0.1, 0.15) is 5.54 Å². The van der Waals surface area contributed by atoms with Crippen LogP contribution in [-0.4, -0.2) is 34.0 Å². The molecule has 0 aromatic heterocycles. The normalized spacial score (nSPS) is 27.0. The van der Waals surface area contributed by atoms with Gasteiger partial charge in [-0.05, 0) is 12.8 Å². The number of carbonyl (C=O) groups excluding carboxylic acids is 1. The number of nitriles is 1. The fourth-order valence-corrected chi connectivity index (χ4v) is 5.46. The maximum Gasteiger partial charge on any atom is 0.222 e. The Morgan fingerprint density at radius 3 is 2.58 bits per heavy atom. The van der Waals surface area contributed by atoms with Crippen molar-refractivity contribution in [3.8, 4) is 6.07 Å². The number of amides is 1. The summed E-state index contributed by atoms with van der Waals surface area (Å²) < 4.78 is 0. The maximum absolute atomic E-state index is 12.2.